The molecule has 25 heteroatoms. The van der Waals surface area contributed by atoms with Crippen LogP contribution in [-0.2, 0) is 61.0 Å². The predicted molar refractivity (Wildman–Crippen MR) is 366 cm³/mol. The van der Waals surface area contributed by atoms with E-state index in [1.807, 2.05) is 39.8 Å². The quantitative estimate of drug-likeness (QED) is 0.0475. The molecule has 4 aliphatic carbocycles. The molecule has 8 aromatic rings. The van der Waals surface area contributed by atoms with E-state index in [0.29, 0.717) is 42.0 Å². The molecule has 0 bridgehead atoms. The Labute approximate surface area is 587 Å². The number of nitrogens with zero attached hydrogens (tertiary/aromatic N) is 17. The van der Waals surface area contributed by atoms with Gasteiger partial charge in [0.15, 0.2) is 17.2 Å². The van der Waals surface area contributed by atoms with Crippen molar-refractivity contribution >= 4 is 46.4 Å². The summed E-state index contributed by atoms with van der Waals surface area (Å²) < 4.78 is 8.95. The van der Waals surface area contributed by atoms with E-state index in [1.165, 1.54) is 124 Å². The molecule has 0 aromatic carbocycles. The molecule has 13 rings (SSSR count). The fourth-order valence-corrected chi connectivity index (χ4v) is 11.5. The predicted octanol–water partition coefficient (Wildman–Crippen LogP) is 13.2. The average molecular weight is 1520 g/mol. The van der Waals surface area contributed by atoms with Crippen LogP contribution in [0.5, 0.6) is 0 Å². The summed E-state index contributed by atoms with van der Waals surface area (Å²) in [6.45, 7) is 21.7. The zero-order valence-corrected chi connectivity index (χ0v) is 60.7. The number of carbonyl (C=O) groups excluding carboxylic acids is 4. The van der Waals surface area contributed by atoms with Crippen LogP contribution >= 0.6 is 11.6 Å². The second kappa shape index (κ2) is 37.3. The molecule has 1 atom stereocenters. The van der Waals surface area contributed by atoms with Crippen LogP contribution in [0.25, 0.3) is 28.3 Å². The molecule has 5 aliphatic rings. The standard InChI is InChI=1S/C15H19N3.2C14H17N4.C14H18N2O2.C9H12N2O2.C6H5ClN2O2.Pt/c1-10(2)14-7-15(18-9-17-14)12-8-16-13-6-4-3-5-11(12)13;2*1-9(2)12-7-13(16-8-15-12)14-10-5-3-4-6-11(10)17-18-14;1-9(2)11-7-12(16-8-15-11)14(18)10-5-3-4-6-13(10)17;1-6(2)7-4-8(9(12)13-3)11-5-10-7;1-11-6(10)4-2-5(7)9-3-8-4;/h7,9-10H,3-6,8H2,1-2H3;2*7-9H,3-6H2,1-2H3;7-10H,3-6H2,1-2H3;4-6H,1-3H3;2-3H,1H3;/q;2*-1;;;;+2. The van der Waals surface area contributed by atoms with Gasteiger partial charge in [0.1, 0.15) is 54.6 Å². The number of hydrogen-bond donors (Lipinski definition) is 0. The summed E-state index contributed by atoms with van der Waals surface area (Å²) in [5.74, 6) is 0.307. The zero-order chi connectivity index (χ0) is 68.8. The van der Waals surface area contributed by atoms with Crippen molar-refractivity contribution in [3.63, 3.8) is 0 Å². The van der Waals surface area contributed by atoms with Gasteiger partial charge < -0.3 is 29.9 Å². The van der Waals surface area contributed by atoms with Crippen LogP contribution in [0.15, 0.2) is 84.9 Å². The molecule has 9 heterocycles. The summed E-state index contributed by atoms with van der Waals surface area (Å²) >= 11 is 5.49. The van der Waals surface area contributed by atoms with Gasteiger partial charge >= 0.3 is 33.0 Å². The molecule has 23 nitrogen and oxygen atoms in total. The number of ether oxygens (including phenoxy) is 2. The molecule has 2 fully saturated rings. The number of methoxy groups -OCH3 is 2. The molecule has 1 unspecified atom stereocenters. The number of ketones is 2. The molecule has 0 saturated heterocycles. The summed E-state index contributed by atoms with van der Waals surface area (Å²) in [5, 5.41) is 17.5. The van der Waals surface area contributed by atoms with Crippen molar-refractivity contribution in [2.45, 2.75) is 202 Å². The van der Waals surface area contributed by atoms with Crippen molar-refractivity contribution in [2.75, 3.05) is 20.8 Å². The summed E-state index contributed by atoms with van der Waals surface area (Å²) in [4.78, 5) is 99.9. The van der Waals surface area contributed by atoms with E-state index in [0.717, 1.165) is 108 Å². The first-order chi connectivity index (χ1) is 46.2. The molecule has 0 amide bonds. The number of hydrogen-bond acceptors (Lipinski definition) is 21. The number of carbonyl (C=O) groups is 4. The molecule has 8 aromatic heterocycles. The van der Waals surface area contributed by atoms with Crippen LogP contribution in [0.1, 0.15) is 264 Å². The maximum Gasteiger partial charge on any atom is 2.00 e. The Balaban J connectivity index is 0.000000165. The summed E-state index contributed by atoms with van der Waals surface area (Å²) in [5.41, 5.74) is 19.7. The smallest absolute Gasteiger partial charge is 0.573 e. The van der Waals surface area contributed by atoms with Crippen LogP contribution < -0.4 is 10.2 Å². The topological polar surface area (TPSA) is 308 Å². The van der Waals surface area contributed by atoms with Gasteiger partial charge in [0.25, 0.3) is 0 Å². The monoisotopic (exact) mass is 1520 g/mol. The third kappa shape index (κ3) is 21.0. The Morgan fingerprint density at radius 2 is 0.835 bits per heavy atom. The number of allylic oxidation sites excluding steroid dienone is 1. The Morgan fingerprint density at radius 3 is 1.31 bits per heavy atom. The first-order valence-corrected chi connectivity index (χ1v) is 33.7. The van der Waals surface area contributed by atoms with Crippen LogP contribution in [0, 0.1) is 5.92 Å². The van der Waals surface area contributed by atoms with Gasteiger partial charge in [-0.25, -0.2) is 69.4 Å². The van der Waals surface area contributed by atoms with Crippen molar-refractivity contribution in [3.05, 3.63) is 159 Å². The van der Waals surface area contributed by atoms with Gasteiger partial charge in [-0.2, -0.15) is 0 Å². The SMILES string of the molecule is CC(C)c1cc(-c2[n-]nc3c2CCCC3)ncn1.CC(C)c1cc(-c2[n-]nc3c2CCCC3)ncn1.CC(C)c1cc(C(=O)C2CCCCC2=O)ncn1.CC(C)c1cc(C2=C3CCCCC3=NC2)ncn1.COC(=O)c1cc(C(C)C)ncn1.COC(=O)c1cc(Cl)ncn1.[Pt+2]. The molecule has 2 saturated carbocycles. The number of esters is 2. The maximum atomic E-state index is 12.3. The van der Waals surface area contributed by atoms with Gasteiger partial charge in [-0.05, 0) is 167 Å². The van der Waals surface area contributed by atoms with E-state index in [4.69, 9.17) is 11.6 Å². The number of fused-ring (bicyclic) bond motifs is 3. The van der Waals surface area contributed by atoms with E-state index >= 15 is 0 Å². The Kier molecular flexibility index (Phi) is 29.2. The molecule has 0 radical (unpaired) electrons. The average Bonchev–Trinajstić information content (AvgIpc) is 1.77. The number of rotatable bonds is 12. The fourth-order valence-electron chi connectivity index (χ4n) is 11.4. The fraction of sp³-hybridized carbons (Fsp3) is 0.486. The van der Waals surface area contributed by atoms with Crippen molar-refractivity contribution in [3.8, 4) is 22.8 Å². The molecule has 1 aliphatic heterocycles. The second-order valence-corrected chi connectivity index (χ2v) is 25.9. The minimum absolute atomic E-state index is 0. The molecule has 0 spiro atoms. The summed E-state index contributed by atoms with van der Waals surface area (Å²) in [6.07, 6.45) is 26.1. The number of aryl methyl sites for hydroxylation is 2. The van der Waals surface area contributed by atoms with Crippen molar-refractivity contribution in [2.24, 2.45) is 10.9 Å². The van der Waals surface area contributed by atoms with Crippen molar-refractivity contribution in [1.82, 2.24) is 80.2 Å². The zero-order valence-electron chi connectivity index (χ0n) is 57.7. The molecular weight excluding hydrogens is 1430 g/mol. The molecule has 97 heavy (non-hydrogen) atoms. The van der Waals surface area contributed by atoms with Gasteiger partial charge in [0, 0.05) is 63.6 Å². The van der Waals surface area contributed by atoms with Crippen LogP contribution in [0.4, 0.5) is 0 Å². The van der Waals surface area contributed by atoms with E-state index in [9.17, 15) is 19.2 Å². The number of halogens is 1. The molecular formula is C72H88ClN17O6Pt. The van der Waals surface area contributed by atoms with Gasteiger partial charge in [0.2, 0.25) is 0 Å². The van der Waals surface area contributed by atoms with E-state index in [1.54, 1.807) is 31.1 Å². The minimum Gasteiger partial charge on any atom is -0.573 e. The van der Waals surface area contributed by atoms with Crippen LogP contribution in [0.3, 0.4) is 0 Å². The van der Waals surface area contributed by atoms with Crippen molar-refractivity contribution < 1.29 is 49.7 Å². The number of aromatic nitrogens is 16. The number of aliphatic imine (C=N–C) groups is 1. The van der Waals surface area contributed by atoms with Gasteiger partial charge in [-0.3, -0.25) is 14.6 Å². The second-order valence-electron chi connectivity index (χ2n) is 25.5. The molecule has 0 N–H and O–H groups in total. The Hall–Kier alpha value is -8.43. The van der Waals surface area contributed by atoms with Gasteiger partial charge in [0.05, 0.1) is 43.8 Å². The minimum atomic E-state index is -0.519. The van der Waals surface area contributed by atoms with E-state index in [-0.39, 0.29) is 55.3 Å². The van der Waals surface area contributed by atoms with Crippen molar-refractivity contribution in [1.29, 1.82) is 0 Å². The summed E-state index contributed by atoms with van der Waals surface area (Å²) in [6, 6.07) is 10.9. The normalized spacial score (nSPS) is 15.2. The number of Topliss-reactive ketones (excluding diaryl/α,β-unsaturated/α-hetero) is 2. The van der Waals surface area contributed by atoms with Gasteiger partial charge in [-0.1, -0.05) is 98.6 Å². The van der Waals surface area contributed by atoms with E-state index < -0.39 is 17.9 Å². The van der Waals surface area contributed by atoms with Crippen LogP contribution in [-0.4, -0.2) is 120 Å². The summed E-state index contributed by atoms with van der Waals surface area (Å²) in [7, 11) is 2.61. The Bertz CT molecular complexity index is 3910. The first kappa shape index (κ1) is 75.9. The third-order valence-corrected chi connectivity index (χ3v) is 17.2. The largest absolute Gasteiger partial charge is 2.00 e. The first-order valence-electron chi connectivity index (χ1n) is 33.3. The maximum absolute atomic E-state index is 12.3. The van der Waals surface area contributed by atoms with Crippen LogP contribution in [0.2, 0.25) is 5.15 Å². The van der Waals surface area contributed by atoms with E-state index in [2.05, 4.69) is 142 Å². The third-order valence-electron chi connectivity index (χ3n) is 17.0. The van der Waals surface area contributed by atoms with Gasteiger partial charge in [-0.15, -0.1) is 0 Å². The Morgan fingerprint density at radius 1 is 0.443 bits per heavy atom. The molecule has 514 valence electrons.